The molecule has 7 nitrogen and oxygen atoms in total. The normalized spacial score (nSPS) is 10.5. The zero-order chi connectivity index (χ0) is 18.7. The van der Waals surface area contributed by atoms with Crippen molar-refractivity contribution in [2.45, 2.75) is 6.54 Å². The molecule has 1 N–H and O–H groups in total. The summed E-state index contributed by atoms with van der Waals surface area (Å²) in [6.45, 7) is 0.489. The minimum absolute atomic E-state index is 0.0447. The van der Waals surface area contributed by atoms with Crippen LogP contribution in [0.2, 0.25) is 10.0 Å². The van der Waals surface area contributed by atoms with E-state index in [9.17, 15) is 14.9 Å². The van der Waals surface area contributed by atoms with Crippen LogP contribution in [0.3, 0.4) is 0 Å². The third-order valence-electron chi connectivity index (χ3n) is 3.54. The number of amides is 1. The molecular weight excluding hydrogens is 379 g/mol. The highest BCUT2D eigenvalue weighted by Crippen LogP contribution is 2.26. The molecule has 0 atom stereocenters. The Morgan fingerprint density at radius 2 is 1.88 bits per heavy atom. The van der Waals surface area contributed by atoms with E-state index in [1.165, 1.54) is 12.1 Å². The first-order valence-electron chi connectivity index (χ1n) is 7.46. The van der Waals surface area contributed by atoms with Gasteiger partial charge in [-0.15, -0.1) is 0 Å². The van der Waals surface area contributed by atoms with Crippen molar-refractivity contribution in [3.63, 3.8) is 0 Å². The van der Waals surface area contributed by atoms with E-state index in [1.807, 2.05) is 30.3 Å². The molecule has 0 bridgehead atoms. The molecule has 0 fully saturated rings. The zero-order valence-electron chi connectivity index (χ0n) is 13.2. The second-order valence-electron chi connectivity index (χ2n) is 5.39. The number of benzene rings is 2. The molecule has 0 saturated heterocycles. The van der Waals surface area contributed by atoms with Gasteiger partial charge in [-0.1, -0.05) is 53.5 Å². The van der Waals surface area contributed by atoms with Crippen LogP contribution in [-0.4, -0.2) is 20.6 Å². The van der Waals surface area contributed by atoms with Crippen molar-refractivity contribution in [3.05, 3.63) is 86.0 Å². The Morgan fingerprint density at radius 3 is 2.58 bits per heavy atom. The molecule has 132 valence electrons. The molecule has 0 unspecified atom stereocenters. The molecule has 1 amide bonds. The Kier molecular flexibility index (Phi) is 5.20. The predicted molar refractivity (Wildman–Crippen MR) is 98.8 cm³/mol. The van der Waals surface area contributed by atoms with E-state index in [4.69, 9.17) is 23.2 Å². The molecule has 9 heteroatoms. The third kappa shape index (κ3) is 4.01. The van der Waals surface area contributed by atoms with Crippen LogP contribution in [0.4, 0.5) is 11.5 Å². The summed E-state index contributed by atoms with van der Waals surface area (Å²) in [6.07, 6.45) is 1.59. The van der Waals surface area contributed by atoms with Crippen LogP contribution in [0.1, 0.15) is 15.9 Å². The number of carbonyl (C=O) groups excluding carboxylic acids is 1. The number of anilines is 1. The van der Waals surface area contributed by atoms with Gasteiger partial charge in [0, 0.05) is 17.8 Å². The van der Waals surface area contributed by atoms with E-state index in [0.29, 0.717) is 6.54 Å². The van der Waals surface area contributed by atoms with Gasteiger partial charge in [-0.25, -0.2) is 0 Å². The molecule has 1 aromatic heterocycles. The number of carbonyl (C=O) groups is 1. The highest BCUT2D eigenvalue weighted by atomic mass is 35.5. The Hall–Kier alpha value is -2.90. The maximum absolute atomic E-state index is 12.3. The summed E-state index contributed by atoms with van der Waals surface area (Å²) in [5, 5.41) is 17.9. The van der Waals surface area contributed by atoms with E-state index >= 15 is 0 Å². The average molecular weight is 391 g/mol. The van der Waals surface area contributed by atoms with Crippen LogP contribution in [0.15, 0.2) is 54.7 Å². The van der Waals surface area contributed by atoms with E-state index in [0.717, 1.165) is 11.6 Å². The van der Waals surface area contributed by atoms with Crippen molar-refractivity contribution in [3.8, 4) is 0 Å². The first-order chi connectivity index (χ1) is 12.4. The van der Waals surface area contributed by atoms with E-state index in [1.54, 1.807) is 10.9 Å². The predicted octanol–water partition coefficient (Wildman–Crippen LogP) is 4.40. The Balaban J connectivity index is 1.78. The molecule has 2 aromatic carbocycles. The van der Waals surface area contributed by atoms with Crippen LogP contribution in [0, 0.1) is 10.1 Å². The molecule has 0 saturated carbocycles. The number of hydrogen-bond donors (Lipinski definition) is 1. The van der Waals surface area contributed by atoms with E-state index in [2.05, 4.69) is 10.4 Å². The lowest BCUT2D eigenvalue weighted by molar-refractivity contribution is -0.384. The van der Waals surface area contributed by atoms with Gasteiger partial charge >= 0.3 is 0 Å². The molecule has 0 radical (unpaired) electrons. The fourth-order valence-corrected chi connectivity index (χ4v) is 2.69. The van der Waals surface area contributed by atoms with Gasteiger partial charge in [0.2, 0.25) is 0 Å². The summed E-state index contributed by atoms with van der Waals surface area (Å²) in [5.74, 6) is -0.401. The minimum Gasteiger partial charge on any atom is -0.304 e. The fourth-order valence-electron chi connectivity index (χ4n) is 2.31. The van der Waals surface area contributed by atoms with Crippen molar-refractivity contribution in [1.82, 2.24) is 9.78 Å². The maximum Gasteiger partial charge on any atom is 0.288 e. The number of rotatable bonds is 5. The monoisotopic (exact) mass is 390 g/mol. The molecule has 0 aliphatic rings. The smallest absolute Gasteiger partial charge is 0.288 e. The van der Waals surface area contributed by atoms with Gasteiger partial charge in [0.25, 0.3) is 11.6 Å². The van der Waals surface area contributed by atoms with Crippen molar-refractivity contribution < 1.29 is 9.72 Å². The fraction of sp³-hybridized carbons (Fsp3) is 0.0588. The summed E-state index contributed by atoms with van der Waals surface area (Å²) < 4.78 is 1.59. The highest BCUT2D eigenvalue weighted by molar-refractivity contribution is 6.34. The van der Waals surface area contributed by atoms with Gasteiger partial charge in [0.05, 0.1) is 11.5 Å². The van der Waals surface area contributed by atoms with Gasteiger partial charge < -0.3 is 5.32 Å². The molecular formula is C17H12Cl2N4O3. The molecule has 26 heavy (non-hydrogen) atoms. The van der Waals surface area contributed by atoms with Crippen LogP contribution in [-0.2, 0) is 6.54 Å². The quantitative estimate of drug-likeness (QED) is 0.516. The standard InChI is InChI=1S/C17H12Cl2N4O3/c18-13-7-6-12(8-15(13)23(25)26)17(24)20-16-14(19)10-22(21-16)9-11-4-2-1-3-5-11/h1-8,10H,9H2,(H,20,21,24). The van der Waals surface area contributed by atoms with Crippen molar-refractivity contribution in [2.75, 3.05) is 5.32 Å². The van der Waals surface area contributed by atoms with Crippen LogP contribution in [0.25, 0.3) is 0 Å². The van der Waals surface area contributed by atoms with Gasteiger partial charge in [0.15, 0.2) is 5.82 Å². The summed E-state index contributed by atoms with van der Waals surface area (Å²) >= 11 is 11.9. The maximum atomic E-state index is 12.3. The van der Waals surface area contributed by atoms with E-state index in [-0.39, 0.29) is 27.1 Å². The average Bonchev–Trinajstić information content (AvgIpc) is 2.95. The van der Waals surface area contributed by atoms with Crippen LogP contribution >= 0.6 is 23.2 Å². The number of hydrogen-bond acceptors (Lipinski definition) is 4. The number of nitro groups is 1. The number of nitrogens with one attached hydrogen (secondary N) is 1. The van der Waals surface area contributed by atoms with E-state index < -0.39 is 10.8 Å². The number of nitrogens with zero attached hydrogens (tertiary/aromatic N) is 3. The zero-order valence-corrected chi connectivity index (χ0v) is 14.7. The second-order valence-corrected chi connectivity index (χ2v) is 6.20. The van der Waals surface area contributed by atoms with Gasteiger partial charge in [0.1, 0.15) is 10.0 Å². The molecule has 0 aliphatic carbocycles. The van der Waals surface area contributed by atoms with Crippen molar-refractivity contribution >= 4 is 40.6 Å². The topological polar surface area (TPSA) is 90.1 Å². The van der Waals surface area contributed by atoms with Crippen LogP contribution < -0.4 is 5.32 Å². The lowest BCUT2D eigenvalue weighted by Crippen LogP contribution is -2.13. The molecule has 0 aliphatic heterocycles. The number of halogens is 2. The second kappa shape index (κ2) is 7.55. The molecule has 3 rings (SSSR count). The van der Waals surface area contributed by atoms with Gasteiger partial charge in [-0.05, 0) is 17.7 Å². The molecule has 3 aromatic rings. The highest BCUT2D eigenvalue weighted by Gasteiger charge is 2.18. The lowest BCUT2D eigenvalue weighted by Gasteiger charge is -2.04. The van der Waals surface area contributed by atoms with Gasteiger partial charge in [-0.3, -0.25) is 19.6 Å². The first kappa shape index (κ1) is 17.9. The Morgan fingerprint density at radius 1 is 1.15 bits per heavy atom. The largest absolute Gasteiger partial charge is 0.304 e. The molecule has 0 spiro atoms. The summed E-state index contributed by atoms with van der Waals surface area (Å²) in [4.78, 5) is 22.6. The van der Waals surface area contributed by atoms with Crippen molar-refractivity contribution in [1.29, 1.82) is 0 Å². The third-order valence-corrected chi connectivity index (χ3v) is 4.14. The Bertz CT molecular complexity index is 973. The summed E-state index contributed by atoms with van der Waals surface area (Å²) in [5.41, 5.74) is 0.757. The minimum atomic E-state index is -0.652. The number of aromatic nitrogens is 2. The summed E-state index contributed by atoms with van der Waals surface area (Å²) in [6, 6.07) is 13.4. The van der Waals surface area contributed by atoms with Crippen molar-refractivity contribution in [2.24, 2.45) is 0 Å². The van der Waals surface area contributed by atoms with Gasteiger partial charge in [-0.2, -0.15) is 5.10 Å². The Labute approximate surface area is 158 Å². The first-order valence-corrected chi connectivity index (χ1v) is 8.22. The molecule has 1 heterocycles. The number of nitro benzene ring substituents is 1. The van der Waals surface area contributed by atoms with Crippen LogP contribution in [0.5, 0.6) is 0 Å². The lowest BCUT2D eigenvalue weighted by atomic mass is 10.2. The summed E-state index contributed by atoms with van der Waals surface area (Å²) in [7, 11) is 0. The SMILES string of the molecule is O=C(Nc1nn(Cc2ccccc2)cc1Cl)c1ccc(Cl)c([N+](=O)[O-])c1.